The highest BCUT2D eigenvalue weighted by Gasteiger charge is 2.27. The fourth-order valence-electron chi connectivity index (χ4n) is 2.05. The molecule has 24 heavy (non-hydrogen) atoms. The Labute approximate surface area is 139 Å². The number of carboxylic acids is 1. The number of sulfonamides is 1. The number of halogens is 1. The largest absolute Gasteiger partial charge is 0.494 e. The fourth-order valence-corrected chi connectivity index (χ4v) is 3.46. The van der Waals surface area contributed by atoms with Gasteiger partial charge in [-0.3, -0.25) is 9.10 Å². The van der Waals surface area contributed by atoms with E-state index in [1.54, 1.807) is 6.92 Å². The van der Waals surface area contributed by atoms with Crippen molar-refractivity contribution >= 4 is 21.7 Å². The van der Waals surface area contributed by atoms with Crippen LogP contribution in [0.25, 0.3) is 0 Å². The third-order valence-corrected chi connectivity index (χ3v) is 4.90. The van der Waals surface area contributed by atoms with Crippen LogP contribution >= 0.6 is 0 Å². The predicted octanol–water partition coefficient (Wildman–Crippen LogP) is 2.50. The normalized spacial score (nSPS) is 11.1. The van der Waals surface area contributed by atoms with Gasteiger partial charge in [0.25, 0.3) is 10.0 Å². The van der Waals surface area contributed by atoms with Crippen LogP contribution in [-0.2, 0) is 14.8 Å². The van der Waals surface area contributed by atoms with Crippen molar-refractivity contribution in [2.24, 2.45) is 0 Å². The molecule has 0 saturated heterocycles. The summed E-state index contributed by atoms with van der Waals surface area (Å²) in [5.41, 5.74) is 0.0627. The van der Waals surface area contributed by atoms with Crippen LogP contribution in [0.4, 0.5) is 10.1 Å². The monoisotopic (exact) mass is 353 g/mol. The minimum Gasteiger partial charge on any atom is -0.494 e. The SMILES string of the molecule is CCOc1ccc(S(=O)(=O)N(CC(=O)O)c2ccc(F)cc2)cc1. The molecule has 0 fully saturated rings. The third-order valence-electron chi connectivity index (χ3n) is 3.12. The lowest BCUT2D eigenvalue weighted by Gasteiger charge is -2.22. The molecule has 128 valence electrons. The molecule has 0 bridgehead atoms. The second kappa shape index (κ2) is 7.31. The molecule has 2 aromatic rings. The van der Waals surface area contributed by atoms with E-state index in [1.165, 1.54) is 36.4 Å². The Balaban J connectivity index is 2.43. The van der Waals surface area contributed by atoms with Crippen molar-refractivity contribution in [1.82, 2.24) is 0 Å². The van der Waals surface area contributed by atoms with Gasteiger partial charge in [-0.1, -0.05) is 0 Å². The van der Waals surface area contributed by atoms with Gasteiger partial charge >= 0.3 is 5.97 Å². The predicted molar refractivity (Wildman–Crippen MR) is 86.2 cm³/mol. The summed E-state index contributed by atoms with van der Waals surface area (Å²) in [5.74, 6) is -1.37. The van der Waals surface area contributed by atoms with E-state index in [0.29, 0.717) is 16.7 Å². The number of benzene rings is 2. The van der Waals surface area contributed by atoms with E-state index in [9.17, 15) is 17.6 Å². The van der Waals surface area contributed by atoms with E-state index in [4.69, 9.17) is 9.84 Å². The summed E-state index contributed by atoms with van der Waals surface area (Å²) in [6.07, 6.45) is 0. The number of hydrogen-bond acceptors (Lipinski definition) is 4. The van der Waals surface area contributed by atoms with Gasteiger partial charge in [-0.2, -0.15) is 0 Å². The second-order valence-electron chi connectivity index (χ2n) is 4.79. The molecule has 2 aromatic carbocycles. The molecule has 0 atom stereocenters. The molecule has 0 aliphatic carbocycles. The molecular weight excluding hydrogens is 337 g/mol. The highest BCUT2D eigenvalue weighted by Crippen LogP contribution is 2.25. The van der Waals surface area contributed by atoms with Crippen LogP contribution < -0.4 is 9.04 Å². The Kier molecular flexibility index (Phi) is 5.40. The molecule has 0 radical (unpaired) electrons. The minimum absolute atomic E-state index is 0.0627. The zero-order valence-corrected chi connectivity index (χ0v) is 13.7. The second-order valence-corrected chi connectivity index (χ2v) is 6.65. The molecule has 0 aliphatic heterocycles. The molecule has 0 spiro atoms. The van der Waals surface area contributed by atoms with E-state index >= 15 is 0 Å². The number of hydrogen-bond donors (Lipinski definition) is 1. The van der Waals surface area contributed by atoms with Gasteiger partial charge in [0.05, 0.1) is 17.2 Å². The maximum absolute atomic E-state index is 13.1. The first-order valence-electron chi connectivity index (χ1n) is 7.07. The van der Waals surface area contributed by atoms with Gasteiger partial charge < -0.3 is 9.84 Å². The van der Waals surface area contributed by atoms with Crippen molar-refractivity contribution < 1.29 is 27.4 Å². The highest BCUT2D eigenvalue weighted by atomic mass is 32.2. The molecule has 0 heterocycles. The summed E-state index contributed by atoms with van der Waals surface area (Å²) in [4.78, 5) is 11.0. The smallest absolute Gasteiger partial charge is 0.324 e. The summed E-state index contributed by atoms with van der Waals surface area (Å²) < 4.78 is 44.5. The maximum Gasteiger partial charge on any atom is 0.324 e. The van der Waals surface area contributed by atoms with Crippen LogP contribution in [0.15, 0.2) is 53.4 Å². The lowest BCUT2D eigenvalue weighted by atomic mass is 10.3. The standard InChI is InChI=1S/C16H16FNO5S/c1-2-23-14-7-9-15(10-8-14)24(21,22)18(11-16(19)20)13-5-3-12(17)4-6-13/h3-10H,2,11H2,1H3,(H,19,20). The molecular formula is C16H16FNO5S. The number of carboxylic acid groups (broad SMARTS) is 1. The quantitative estimate of drug-likeness (QED) is 0.827. The summed E-state index contributed by atoms with van der Waals surface area (Å²) in [6.45, 7) is 1.46. The van der Waals surface area contributed by atoms with Crippen LogP contribution in [0.3, 0.4) is 0 Å². The van der Waals surface area contributed by atoms with E-state index in [2.05, 4.69) is 0 Å². The highest BCUT2D eigenvalue weighted by molar-refractivity contribution is 7.92. The van der Waals surface area contributed by atoms with Crippen molar-refractivity contribution in [3.8, 4) is 5.75 Å². The van der Waals surface area contributed by atoms with Gasteiger partial charge in [-0.25, -0.2) is 12.8 Å². The first-order valence-corrected chi connectivity index (χ1v) is 8.51. The van der Waals surface area contributed by atoms with E-state index in [0.717, 1.165) is 12.1 Å². The van der Waals surface area contributed by atoms with E-state index in [-0.39, 0.29) is 10.6 Å². The molecule has 1 N–H and O–H groups in total. The van der Waals surface area contributed by atoms with Gasteiger partial charge in [0.1, 0.15) is 18.1 Å². The van der Waals surface area contributed by atoms with Crippen LogP contribution in [0.5, 0.6) is 5.75 Å². The van der Waals surface area contributed by atoms with Crippen molar-refractivity contribution in [3.05, 3.63) is 54.3 Å². The summed E-state index contributed by atoms with van der Waals surface area (Å²) in [5, 5.41) is 9.02. The van der Waals surface area contributed by atoms with Crippen molar-refractivity contribution in [3.63, 3.8) is 0 Å². The molecule has 0 amide bonds. The van der Waals surface area contributed by atoms with E-state index < -0.39 is 28.4 Å². The van der Waals surface area contributed by atoms with Gasteiger partial charge in [0.15, 0.2) is 0 Å². The van der Waals surface area contributed by atoms with Crippen molar-refractivity contribution in [2.45, 2.75) is 11.8 Å². The van der Waals surface area contributed by atoms with Gasteiger partial charge in [0.2, 0.25) is 0 Å². The summed E-state index contributed by atoms with van der Waals surface area (Å²) in [6, 6.07) is 10.2. The Morgan fingerprint density at radius 3 is 2.21 bits per heavy atom. The zero-order valence-electron chi connectivity index (χ0n) is 12.8. The molecule has 6 nitrogen and oxygen atoms in total. The van der Waals surface area contributed by atoms with Crippen LogP contribution in [0, 0.1) is 5.82 Å². The lowest BCUT2D eigenvalue weighted by Crippen LogP contribution is -2.35. The average molecular weight is 353 g/mol. The molecule has 8 heteroatoms. The number of nitrogens with zero attached hydrogens (tertiary/aromatic N) is 1. The molecule has 0 aliphatic rings. The zero-order chi connectivity index (χ0) is 17.7. The summed E-state index contributed by atoms with van der Waals surface area (Å²) >= 11 is 0. The lowest BCUT2D eigenvalue weighted by molar-refractivity contribution is -0.135. The van der Waals surface area contributed by atoms with E-state index in [1.807, 2.05) is 0 Å². The third kappa shape index (κ3) is 4.02. The Morgan fingerprint density at radius 1 is 1.12 bits per heavy atom. The number of carbonyl (C=O) groups is 1. The van der Waals surface area contributed by atoms with Crippen LogP contribution in [-0.4, -0.2) is 32.6 Å². The number of rotatable bonds is 7. The van der Waals surface area contributed by atoms with Crippen molar-refractivity contribution in [2.75, 3.05) is 17.5 Å². The first-order chi connectivity index (χ1) is 11.3. The molecule has 2 rings (SSSR count). The molecule has 0 saturated carbocycles. The topological polar surface area (TPSA) is 83.9 Å². The van der Waals surface area contributed by atoms with Gasteiger partial charge in [0, 0.05) is 0 Å². The molecule has 0 aromatic heterocycles. The van der Waals surface area contributed by atoms with Crippen LogP contribution in [0.2, 0.25) is 0 Å². The average Bonchev–Trinajstić information content (AvgIpc) is 2.54. The number of aliphatic carboxylic acids is 1. The fraction of sp³-hybridized carbons (Fsp3) is 0.188. The van der Waals surface area contributed by atoms with Crippen LogP contribution in [0.1, 0.15) is 6.92 Å². The maximum atomic E-state index is 13.1. The Morgan fingerprint density at radius 2 is 1.71 bits per heavy atom. The van der Waals surface area contributed by atoms with Gasteiger partial charge in [-0.15, -0.1) is 0 Å². The number of anilines is 1. The minimum atomic E-state index is -4.12. The Bertz CT molecular complexity index is 803. The Hall–Kier alpha value is -2.61. The first kappa shape index (κ1) is 17.7. The van der Waals surface area contributed by atoms with Crippen molar-refractivity contribution in [1.29, 1.82) is 0 Å². The molecule has 0 unspecified atom stereocenters. The summed E-state index contributed by atoms with van der Waals surface area (Å²) in [7, 11) is -4.12. The number of ether oxygens (including phenoxy) is 1. The van der Waals surface area contributed by atoms with Gasteiger partial charge in [-0.05, 0) is 55.5 Å².